The highest BCUT2D eigenvalue weighted by Crippen LogP contribution is 2.07. The fourth-order valence-electron chi connectivity index (χ4n) is 1.54. The normalized spacial score (nSPS) is 12.0. The minimum absolute atomic E-state index is 0.284. The Balaban J connectivity index is 2.48. The van der Waals surface area contributed by atoms with Crippen LogP contribution in [0.25, 0.3) is 0 Å². The van der Waals surface area contributed by atoms with Gasteiger partial charge < -0.3 is 25.8 Å². The molecule has 0 spiro atoms. The number of hydrogen-bond donors (Lipinski definition) is 4. The van der Waals surface area contributed by atoms with Gasteiger partial charge in [0.05, 0.1) is 6.54 Å². The lowest BCUT2D eigenvalue weighted by Crippen LogP contribution is -2.50. The number of carbonyl (C=O) groups is 3. The highest BCUT2D eigenvalue weighted by Gasteiger charge is 2.24. The molecule has 0 fully saturated rings. The van der Waals surface area contributed by atoms with E-state index in [1.54, 1.807) is 51.1 Å². The van der Waals surface area contributed by atoms with Gasteiger partial charge in [0.15, 0.2) is 0 Å². The first-order chi connectivity index (χ1) is 10.7. The van der Waals surface area contributed by atoms with Gasteiger partial charge in [0, 0.05) is 5.69 Å². The number of rotatable bonds is 5. The van der Waals surface area contributed by atoms with Crippen molar-refractivity contribution in [3.05, 3.63) is 30.3 Å². The van der Waals surface area contributed by atoms with Crippen molar-refractivity contribution in [2.75, 3.05) is 11.9 Å². The van der Waals surface area contributed by atoms with E-state index in [0.29, 0.717) is 5.69 Å². The van der Waals surface area contributed by atoms with Crippen molar-refractivity contribution >= 4 is 23.8 Å². The van der Waals surface area contributed by atoms with Crippen LogP contribution >= 0.6 is 0 Å². The monoisotopic (exact) mass is 323 g/mol. The number of hydrogen-bond acceptors (Lipinski definition) is 4. The lowest BCUT2D eigenvalue weighted by molar-refractivity contribution is -0.139. The van der Waals surface area contributed by atoms with Gasteiger partial charge in [-0.3, -0.25) is 0 Å². The number of benzene rings is 1. The van der Waals surface area contributed by atoms with Gasteiger partial charge in [-0.25, -0.2) is 14.4 Å². The summed E-state index contributed by atoms with van der Waals surface area (Å²) < 4.78 is 4.98. The molecule has 0 aliphatic rings. The van der Waals surface area contributed by atoms with E-state index >= 15 is 0 Å². The maximum Gasteiger partial charge on any atom is 0.408 e. The van der Waals surface area contributed by atoms with Gasteiger partial charge in [-0.05, 0) is 32.9 Å². The van der Waals surface area contributed by atoms with E-state index in [0.717, 1.165) is 0 Å². The van der Waals surface area contributed by atoms with Gasteiger partial charge >= 0.3 is 18.1 Å². The molecule has 126 valence electrons. The van der Waals surface area contributed by atoms with Gasteiger partial charge in [0.2, 0.25) is 0 Å². The maximum absolute atomic E-state index is 11.7. The third-order valence-corrected chi connectivity index (χ3v) is 2.49. The molecule has 0 heterocycles. The first kappa shape index (κ1) is 18.3. The summed E-state index contributed by atoms with van der Waals surface area (Å²) in [5.74, 6) is -1.28. The van der Waals surface area contributed by atoms with Crippen LogP contribution in [0, 0.1) is 0 Å². The summed E-state index contributed by atoms with van der Waals surface area (Å²) in [6.07, 6.45) is -0.866. The van der Waals surface area contributed by atoms with E-state index in [1.165, 1.54) is 0 Å². The summed E-state index contributed by atoms with van der Waals surface area (Å²) in [5, 5.41) is 16.2. The molecular formula is C15H21N3O5. The Morgan fingerprint density at radius 3 is 2.30 bits per heavy atom. The van der Waals surface area contributed by atoms with Crippen molar-refractivity contribution in [3.63, 3.8) is 0 Å². The Labute approximate surface area is 134 Å². The Morgan fingerprint density at radius 1 is 1.17 bits per heavy atom. The van der Waals surface area contributed by atoms with Gasteiger partial charge in [0.1, 0.15) is 11.6 Å². The fraction of sp³-hybridized carbons (Fsp3) is 0.400. The number of aliphatic carboxylic acids is 1. The molecule has 8 nitrogen and oxygen atoms in total. The van der Waals surface area contributed by atoms with E-state index < -0.39 is 29.7 Å². The molecular weight excluding hydrogens is 302 g/mol. The highest BCUT2D eigenvalue weighted by molar-refractivity contribution is 5.90. The second-order valence-corrected chi connectivity index (χ2v) is 5.74. The van der Waals surface area contributed by atoms with Crippen molar-refractivity contribution < 1.29 is 24.2 Å². The SMILES string of the molecule is CC(C)(C)OC(=O)NC(CNC(=O)Nc1ccccc1)C(=O)O. The second-order valence-electron chi connectivity index (χ2n) is 5.74. The fourth-order valence-corrected chi connectivity index (χ4v) is 1.54. The Kier molecular flexibility index (Phi) is 6.37. The molecule has 0 aromatic heterocycles. The number of amides is 3. The van der Waals surface area contributed by atoms with Gasteiger partial charge in [-0.2, -0.15) is 0 Å². The first-order valence-electron chi connectivity index (χ1n) is 6.99. The number of alkyl carbamates (subject to hydrolysis) is 1. The molecule has 0 bridgehead atoms. The van der Waals surface area contributed by atoms with Gasteiger partial charge in [-0.1, -0.05) is 18.2 Å². The van der Waals surface area contributed by atoms with Crippen LogP contribution in [0.2, 0.25) is 0 Å². The number of nitrogens with one attached hydrogen (secondary N) is 3. The minimum Gasteiger partial charge on any atom is -0.480 e. The zero-order valence-corrected chi connectivity index (χ0v) is 13.3. The van der Waals surface area contributed by atoms with Crippen LogP contribution in [0.3, 0.4) is 0 Å². The van der Waals surface area contributed by atoms with E-state index in [9.17, 15) is 14.4 Å². The molecule has 0 saturated carbocycles. The molecule has 0 radical (unpaired) electrons. The maximum atomic E-state index is 11.7. The van der Waals surface area contributed by atoms with Crippen molar-refractivity contribution in [3.8, 4) is 0 Å². The lowest BCUT2D eigenvalue weighted by Gasteiger charge is -2.22. The minimum atomic E-state index is -1.30. The number of carbonyl (C=O) groups excluding carboxylic acids is 2. The van der Waals surface area contributed by atoms with Gasteiger partial charge in [-0.15, -0.1) is 0 Å². The number of ether oxygens (including phenoxy) is 1. The molecule has 0 saturated heterocycles. The molecule has 4 N–H and O–H groups in total. The quantitative estimate of drug-likeness (QED) is 0.659. The molecule has 1 atom stereocenters. The molecule has 0 aliphatic carbocycles. The third-order valence-electron chi connectivity index (χ3n) is 2.49. The Morgan fingerprint density at radius 2 is 1.78 bits per heavy atom. The zero-order valence-electron chi connectivity index (χ0n) is 13.3. The number of para-hydroxylation sites is 1. The summed E-state index contributed by atoms with van der Waals surface area (Å²) in [6, 6.07) is 6.80. The topological polar surface area (TPSA) is 117 Å². The van der Waals surface area contributed by atoms with Crippen LogP contribution in [0.1, 0.15) is 20.8 Å². The number of carboxylic acid groups (broad SMARTS) is 1. The van der Waals surface area contributed by atoms with E-state index in [2.05, 4.69) is 16.0 Å². The molecule has 23 heavy (non-hydrogen) atoms. The second kappa shape index (κ2) is 8.02. The van der Waals surface area contributed by atoms with Gasteiger partial charge in [0.25, 0.3) is 0 Å². The van der Waals surface area contributed by atoms with Crippen molar-refractivity contribution in [2.24, 2.45) is 0 Å². The number of carboxylic acids is 1. The summed E-state index contributed by atoms with van der Waals surface area (Å²) in [6.45, 7) is 4.70. The number of urea groups is 1. The molecule has 1 aromatic carbocycles. The van der Waals surface area contributed by atoms with Crippen LogP contribution in [-0.4, -0.2) is 41.4 Å². The van der Waals surface area contributed by atoms with E-state index in [1.807, 2.05) is 0 Å². The van der Waals surface area contributed by atoms with Crippen molar-refractivity contribution in [1.29, 1.82) is 0 Å². The van der Waals surface area contributed by atoms with E-state index in [4.69, 9.17) is 9.84 Å². The summed E-state index contributed by atoms with van der Waals surface area (Å²) in [4.78, 5) is 34.4. The molecule has 0 aliphatic heterocycles. The summed E-state index contributed by atoms with van der Waals surface area (Å²) in [7, 11) is 0. The van der Waals surface area contributed by atoms with Crippen molar-refractivity contribution in [1.82, 2.24) is 10.6 Å². The largest absolute Gasteiger partial charge is 0.480 e. The zero-order chi connectivity index (χ0) is 17.5. The van der Waals surface area contributed by atoms with Crippen LogP contribution < -0.4 is 16.0 Å². The molecule has 1 rings (SSSR count). The predicted octanol–water partition coefficient (Wildman–Crippen LogP) is 1.79. The Hall–Kier alpha value is -2.77. The first-order valence-corrected chi connectivity index (χ1v) is 6.99. The Bertz CT molecular complexity index is 554. The van der Waals surface area contributed by atoms with Crippen LogP contribution in [0.4, 0.5) is 15.3 Å². The van der Waals surface area contributed by atoms with E-state index in [-0.39, 0.29) is 6.54 Å². The molecule has 3 amide bonds. The smallest absolute Gasteiger partial charge is 0.408 e. The standard InChI is InChI=1S/C15H21N3O5/c1-15(2,3)23-14(22)18-11(12(19)20)9-16-13(21)17-10-7-5-4-6-8-10/h4-8,11H,9H2,1-3H3,(H,18,22)(H,19,20)(H2,16,17,21). The lowest BCUT2D eigenvalue weighted by atomic mass is 10.2. The molecule has 1 unspecified atom stereocenters. The average molecular weight is 323 g/mol. The molecule has 8 heteroatoms. The van der Waals surface area contributed by atoms with Crippen LogP contribution in [0.5, 0.6) is 0 Å². The third kappa shape index (κ3) is 7.70. The van der Waals surface area contributed by atoms with Crippen molar-refractivity contribution in [2.45, 2.75) is 32.4 Å². The van der Waals surface area contributed by atoms with Crippen LogP contribution in [0.15, 0.2) is 30.3 Å². The summed E-state index contributed by atoms with van der Waals surface area (Å²) >= 11 is 0. The number of anilines is 1. The highest BCUT2D eigenvalue weighted by atomic mass is 16.6. The predicted molar refractivity (Wildman–Crippen MR) is 84.3 cm³/mol. The molecule has 1 aromatic rings. The summed E-state index contributed by atoms with van der Waals surface area (Å²) in [5.41, 5.74) is -0.178. The average Bonchev–Trinajstić information content (AvgIpc) is 2.42. The van der Waals surface area contributed by atoms with Crippen LogP contribution in [-0.2, 0) is 9.53 Å².